The number of aromatic amines is 1. The van der Waals surface area contributed by atoms with Gasteiger partial charge in [0.1, 0.15) is 16.5 Å². The normalized spacial score (nSPS) is 12.6. The monoisotopic (exact) mass is 490 g/mol. The summed E-state index contributed by atoms with van der Waals surface area (Å²) in [5.74, 6) is 0.539. The summed E-state index contributed by atoms with van der Waals surface area (Å²) >= 11 is 0. The molecule has 0 saturated carbocycles. The maximum absolute atomic E-state index is 12.9. The highest BCUT2D eigenvalue weighted by Gasteiger charge is 2.19. The highest BCUT2D eigenvalue weighted by molar-refractivity contribution is 7.89. The number of rotatable bonds is 9. The number of H-pyrrole nitrogens is 1. The van der Waals surface area contributed by atoms with Crippen molar-refractivity contribution in [3.8, 4) is 5.75 Å². The van der Waals surface area contributed by atoms with E-state index in [0.29, 0.717) is 17.8 Å². The van der Waals surface area contributed by atoms with E-state index in [9.17, 15) is 13.2 Å². The lowest BCUT2D eigenvalue weighted by atomic mass is 10.1. The number of ether oxygens (including phenoxy) is 1. The summed E-state index contributed by atoms with van der Waals surface area (Å²) in [5, 5.41) is 3.02. The number of carbonyl (C=O) groups excluding carboxylic acids is 1. The SMILES string of the molecule is CNS(=O)(=O)c1cc(/C=C/C(=O)NC(Cc2ccccc2)c2nc3ccccc3[nH]2)ccc1OC. The lowest BCUT2D eigenvalue weighted by Crippen LogP contribution is -2.29. The minimum atomic E-state index is -3.73. The molecule has 0 aliphatic heterocycles. The molecule has 0 bridgehead atoms. The third-order valence-corrected chi connectivity index (χ3v) is 6.95. The summed E-state index contributed by atoms with van der Waals surface area (Å²) in [6, 6.07) is 21.8. The average molecular weight is 491 g/mol. The molecule has 1 unspecified atom stereocenters. The highest BCUT2D eigenvalue weighted by Crippen LogP contribution is 2.25. The maximum Gasteiger partial charge on any atom is 0.244 e. The molecule has 0 aliphatic carbocycles. The Bertz CT molecular complexity index is 1430. The van der Waals surface area contributed by atoms with Gasteiger partial charge in [-0.25, -0.2) is 18.1 Å². The van der Waals surface area contributed by atoms with Crippen molar-refractivity contribution < 1.29 is 17.9 Å². The molecular formula is C26H26N4O4S. The molecule has 9 heteroatoms. The summed E-state index contributed by atoms with van der Waals surface area (Å²) < 4.78 is 32.1. The molecule has 0 aliphatic rings. The Morgan fingerprint density at radius 3 is 2.54 bits per heavy atom. The largest absolute Gasteiger partial charge is 0.495 e. The predicted octanol–water partition coefficient (Wildman–Crippen LogP) is 3.59. The van der Waals surface area contributed by atoms with Crippen molar-refractivity contribution in [1.82, 2.24) is 20.0 Å². The van der Waals surface area contributed by atoms with Crippen molar-refractivity contribution in [2.24, 2.45) is 0 Å². The summed E-state index contributed by atoms with van der Waals surface area (Å²) in [7, 11) is -0.997. The fourth-order valence-corrected chi connectivity index (χ4v) is 4.64. The molecule has 1 atom stereocenters. The zero-order valence-corrected chi connectivity index (χ0v) is 20.2. The van der Waals surface area contributed by atoms with Crippen LogP contribution in [0, 0.1) is 0 Å². The van der Waals surface area contributed by atoms with Crippen LogP contribution in [0.15, 0.2) is 83.8 Å². The van der Waals surface area contributed by atoms with Gasteiger partial charge in [-0.3, -0.25) is 4.79 Å². The third-order valence-electron chi connectivity index (χ3n) is 5.51. The maximum atomic E-state index is 12.9. The molecular weight excluding hydrogens is 464 g/mol. The van der Waals surface area contributed by atoms with Gasteiger partial charge in [0, 0.05) is 6.08 Å². The lowest BCUT2D eigenvalue weighted by Gasteiger charge is -2.16. The topological polar surface area (TPSA) is 113 Å². The number of nitrogens with one attached hydrogen (secondary N) is 3. The van der Waals surface area contributed by atoms with Crippen LogP contribution in [-0.2, 0) is 21.2 Å². The van der Waals surface area contributed by atoms with Gasteiger partial charge in [0.05, 0.1) is 24.2 Å². The fraction of sp³-hybridized carbons (Fsp3) is 0.154. The molecule has 35 heavy (non-hydrogen) atoms. The summed E-state index contributed by atoms with van der Waals surface area (Å²) in [5.41, 5.74) is 3.31. The van der Waals surface area contributed by atoms with Gasteiger partial charge in [-0.1, -0.05) is 48.5 Å². The summed E-state index contributed by atoms with van der Waals surface area (Å²) in [6.07, 6.45) is 3.48. The van der Waals surface area contributed by atoms with Gasteiger partial charge in [0.2, 0.25) is 15.9 Å². The molecule has 180 valence electrons. The second-order valence-corrected chi connectivity index (χ2v) is 9.70. The first-order valence-electron chi connectivity index (χ1n) is 11.0. The summed E-state index contributed by atoms with van der Waals surface area (Å²) in [6.45, 7) is 0. The number of hydrogen-bond donors (Lipinski definition) is 3. The molecule has 0 spiro atoms. The first kappa shape index (κ1) is 24.2. The zero-order valence-electron chi connectivity index (χ0n) is 19.4. The molecule has 3 aromatic carbocycles. The van der Waals surface area contributed by atoms with Crippen molar-refractivity contribution in [2.75, 3.05) is 14.2 Å². The Morgan fingerprint density at radius 2 is 1.83 bits per heavy atom. The van der Waals surface area contributed by atoms with Gasteiger partial charge in [-0.15, -0.1) is 0 Å². The second-order valence-electron chi connectivity index (χ2n) is 7.84. The van der Waals surface area contributed by atoms with Crippen LogP contribution >= 0.6 is 0 Å². The molecule has 3 N–H and O–H groups in total. The molecule has 0 fully saturated rings. The highest BCUT2D eigenvalue weighted by atomic mass is 32.2. The molecule has 1 heterocycles. The van der Waals surface area contributed by atoms with Gasteiger partial charge in [-0.05, 0) is 54.9 Å². The van der Waals surface area contributed by atoms with E-state index in [0.717, 1.165) is 16.6 Å². The minimum absolute atomic E-state index is 0.00529. The van der Waals surface area contributed by atoms with Crippen molar-refractivity contribution in [3.63, 3.8) is 0 Å². The fourth-order valence-electron chi connectivity index (χ4n) is 3.71. The van der Waals surface area contributed by atoms with Crippen LogP contribution in [0.3, 0.4) is 0 Å². The van der Waals surface area contributed by atoms with Crippen LogP contribution in [0.5, 0.6) is 5.75 Å². The van der Waals surface area contributed by atoms with E-state index in [-0.39, 0.29) is 16.6 Å². The predicted molar refractivity (Wildman–Crippen MR) is 135 cm³/mol. The average Bonchev–Trinajstić information content (AvgIpc) is 3.32. The van der Waals surface area contributed by atoms with Crippen LogP contribution in [0.1, 0.15) is 23.0 Å². The molecule has 4 rings (SSSR count). The first-order valence-corrected chi connectivity index (χ1v) is 12.5. The zero-order chi connectivity index (χ0) is 24.8. The van der Waals surface area contributed by atoms with E-state index in [4.69, 9.17) is 4.74 Å². The van der Waals surface area contributed by atoms with Crippen molar-refractivity contribution in [1.29, 1.82) is 0 Å². The number of hydrogen-bond acceptors (Lipinski definition) is 5. The van der Waals surface area contributed by atoms with Crippen LogP contribution < -0.4 is 14.8 Å². The van der Waals surface area contributed by atoms with Gasteiger partial charge < -0.3 is 15.0 Å². The second kappa shape index (κ2) is 10.5. The van der Waals surface area contributed by atoms with Crippen LogP contribution in [-0.4, -0.2) is 38.5 Å². The Morgan fingerprint density at radius 1 is 1.09 bits per heavy atom. The molecule has 0 radical (unpaired) electrons. The quantitative estimate of drug-likeness (QED) is 0.310. The van der Waals surface area contributed by atoms with Crippen LogP contribution in [0.4, 0.5) is 0 Å². The van der Waals surface area contributed by atoms with E-state index in [2.05, 4.69) is 20.0 Å². The van der Waals surface area contributed by atoms with E-state index in [1.165, 1.54) is 26.3 Å². The van der Waals surface area contributed by atoms with E-state index in [1.807, 2.05) is 54.6 Å². The van der Waals surface area contributed by atoms with Crippen molar-refractivity contribution in [2.45, 2.75) is 17.4 Å². The number of amides is 1. The Labute approximate surface area is 204 Å². The first-order chi connectivity index (χ1) is 16.9. The Kier molecular flexibility index (Phi) is 7.28. The molecule has 1 amide bonds. The lowest BCUT2D eigenvalue weighted by molar-refractivity contribution is -0.117. The number of benzene rings is 3. The van der Waals surface area contributed by atoms with Gasteiger partial charge in [0.25, 0.3) is 0 Å². The smallest absolute Gasteiger partial charge is 0.244 e. The number of para-hydroxylation sites is 2. The molecule has 1 aromatic heterocycles. The third kappa shape index (κ3) is 5.76. The number of carbonyl (C=O) groups is 1. The van der Waals surface area contributed by atoms with Gasteiger partial charge >= 0.3 is 0 Å². The van der Waals surface area contributed by atoms with E-state index < -0.39 is 16.1 Å². The molecule has 0 saturated heterocycles. The number of sulfonamides is 1. The molecule has 8 nitrogen and oxygen atoms in total. The van der Waals surface area contributed by atoms with E-state index in [1.54, 1.807) is 18.2 Å². The number of aromatic nitrogens is 2. The minimum Gasteiger partial charge on any atom is -0.495 e. The standard InChI is InChI=1S/C26H26N4O4S/c1-27-35(32,33)24-17-19(12-14-23(24)34-2)13-15-25(31)28-22(16-18-8-4-3-5-9-18)26-29-20-10-6-7-11-21(20)30-26/h3-15,17,22,27H,16H2,1-2H3,(H,28,31)(H,29,30)/b15-13+. The number of imidazole rings is 1. The summed E-state index contributed by atoms with van der Waals surface area (Å²) in [4.78, 5) is 20.8. The Hall–Kier alpha value is -3.95. The number of fused-ring (bicyclic) bond motifs is 1. The van der Waals surface area contributed by atoms with Crippen molar-refractivity contribution >= 4 is 33.0 Å². The van der Waals surface area contributed by atoms with Crippen molar-refractivity contribution in [3.05, 3.63) is 95.8 Å². The number of methoxy groups -OCH3 is 1. The van der Waals surface area contributed by atoms with Crippen LogP contribution in [0.2, 0.25) is 0 Å². The van der Waals surface area contributed by atoms with Gasteiger partial charge in [0.15, 0.2) is 0 Å². The van der Waals surface area contributed by atoms with E-state index >= 15 is 0 Å². The molecule has 4 aromatic rings. The van der Waals surface area contributed by atoms with Gasteiger partial charge in [-0.2, -0.15) is 0 Å². The number of nitrogens with zero attached hydrogens (tertiary/aromatic N) is 1. The Balaban J connectivity index is 1.58. The van der Waals surface area contributed by atoms with Crippen LogP contribution in [0.25, 0.3) is 17.1 Å².